The standard InChI is InChI=1S/C62H76N8O8S/c1-41(2)50-11-7-8-12-52(50)56-40-67(39-43-13-16-51(57(31-43)77-4)44-9-5-6-10-44)29-30-69(56)47-35-62(36-47)24-27-68(28-25-62)46-14-17-53(58(33-46)78-48-32-45-21-26-63-59(45)65-38-48)60(71)66-79(75,76)49-15-18-54(55(34-49)70(73)74)64-37-42-19-22-61(3,72)23-20-42/h7-8,11-18,21,26,31-34,38,41-42,44,47,56,64,72H,5-6,9-10,19-20,22-25,27-30,35-37,39-40H2,1-4H3,(H,63,65)(H,66,71)/t42?,56-,61?/m0/s1. The molecule has 79 heavy (non-hydrogen) atoms. The van der Waals surface area contributed by atoms with Crippen molar-refractivity contribution < 1.29 is 32.7 Å². The number of nitro groups is 1. The number of rotatable bonds is 17. The van der Waals surface area contributed by atoms with E-state index in [2.05, 4.69) is 91.0 Å². The third-order valence-corrected chi connectivity index (χ3v) is 19.6. The molecule has 2 saturated heterocycles. The van der Waals surface area contributed by atoms with Gasteiger partial charge in [-0.15, -0.1) is 0 Å². The monoisotopic (exact) mass is 1090 g/mol. The number of benzene rings is 4. The third-order valence-electron chi connectivity index (χ3n) is 18.3. The van der Waals surface area contributed by atoms with Gasteiger partial charge >= 0.3 is 0 Å². The second kappa shape index (κ2) is 22.5. The van der Waals surface area contributed by atoms with Gasteiger partial charge in [-0.2, -0.15) is 0 Å². The minimum atomic E-state index is -4.59. The number of aliphatic hydroxyl groups is 1. The SMILES string of the molecule is COc1cc(CN2CCN(C3CC4(CCN(c5ccc(C(=O)NS(=O)(=O)c6ccc(NCC7CCC(C)(O)CC7)c([N+](=O)[O-])c6)c(Oc6cnc7[nH]ccc7c6)c5)CC4)C3)[C@H](c3ccccc3C(C)C)C2)ccc1C1CCCC1. The maximum atomic E-state index is 14.2. The molecule has 4 N–H and O–H groups in total. The lowest BCUT2D eigenvalue weighted by Crippen LogP contribution is -2.60. The Labute approximate surface area is 464 Å². The van der Waals surface area contributed by atoms with Gasteiger partial charge in [-0.25, -0.2) is 18.1 Å². The van der Waals surface area contributed by atoms with Crippen molar-refractivity contribution in [2.24, 2.45) is 11.3 Å². The molecule has 2 aliphatic heterocycles. The molecule has 2 aromatic heterocycles. The summed E-state index contributed by atoms with van der Waals surface area (Å²) in [7, 11) is -2.78. The maximum absolute atomic E-state index is 14.2. The third kappa shape index (κ3) is 11.9. The largest absolute Gasteiger partial charge is 0.496 e. The molecule has 3 saturated carbocycles. The number of anilines is 2. The van der Waals surface area contributed by atoms with E-state index in [9.17, 15) is 28.4 Å². The van der Waals surface area contributed by atoms with Crippen molar-refractivity contribution in [2.45, 2.75) is 139 Å². The minimum Gasteiger partial charge on any atom is -0.496 e. The van der Waals surface area contributed by atoms with Gasteiger partial charge in [0.2, 0.25) is 0 Å². The Bertz CT molecular complexity index is 3290. The van der Waals surface area contributed by atoms with Crippen LogP contribution in [0.3, 0.4) is 0 Å². The van der Waals surface area contributed by atoms with Crippen LogP contribution >= 0.6 is 0 Å². The predicted octanol–water partition coefficient (Wildman–Crippen LogP) is 11.8. The average molecular weight is 1090 g/mol. The summed E-state index contributed by atoms with van der Waals surface area (Å²) in [5.41, 5.74) is 6.28. The van der Waals surface area contributed by atoms with E-state index in [1.165, 1.54) is 60.1 Å². The van der Waals surface area contributed by atoms with Gasteiger partial charge in [-0.3, -0.25) is 24.7 Å². The summed E-state index contributed by atoms with van der Waals surface area (Å²) < 4.78 is 42.4. The molecule has 5 fully saturated rings. The number of pyridine rings is 1. The van der Waals surface area contributed by atoms with Crippen LogP contribution in [0.2, 0.25) is 0 Å². The first-order valence-corrected chi connectivity index (χ1v) is 30.1. The van der Waals surface area contributed by atoms with Crippen molar-refractivity contribution in [3.05, 3.63) is 141 Å². The van der Waals surface area contributed by atoms with Crippen molar-refractivity contribution >= 4 is 44.0 Å². The van der Waals surface area contributed by atoms with Gasteiger partial charge in [0, 0.05) is 87.3 Å². The van der Waals surface area contributed by atoms with Crippen molar-refractivity contribution in [3.63, 3.8) is 0 Å². The van der Waals surface area contributed by atoms with E-state index in [1.54, 1.807) is 30.6 Å². The van der Waals surface area contributed by atoms with Crippen LogP contribution in [0.1, 0.15) is 148 Å². The zero-order valence-corrected chi connectivity index (χ0v) is 46.9. The number of aromatic amines is 1. The second-order valence-corrected chi connectivity index (χ2v) is 25.6. The highest BCUT2D eigenvalue weighted by Crippen LogP contribution is 2.54. The molecule has 0 bridgehead atoms. The lowest BCUT2D eigenvalue weighted by atomic mass is 9.59. The number of H-pyrrole nitrogens is 1. The van der Waals surface area contributed by atoms with Crippen LogP contribution in [-0.2, 0) is 16.6 Å². The highest BCUT2D eigenvalue weighted by molar-refractivity contribution is 7.90. The normalized spacial score (nSPS) is 22.3. The quantitative estimate of drug-likeness (QED) is 0.0498. The fourth-order valence-corrected chi connectivity index (χ4v) is 14.6. The number of aromatic nitrogens is 2. The summed E-state index contributed by atoms with van der Waals surface area (Å²) in [6.07, 6.45) is 15.5. The number of sulfonamides is 1. The van der Waals surface area contributed by atoms with Crippen LogP contribution < -0.4 is 24.4 Å². The Hall–Kier alpha value is -6.53. The van der Waals surface area contributed by atoms with E-state index in [1.807, 2.05) is 26.2 Å². The van der Waals surface area contributed by atoms with Gasteiger partial charge in [0.05, 0.1) is 34.3 Å². The number of nitrogens with one attached hydrogen (secondary N) is 3. The number of carbonyl (C=O) groups excluding carboxylic acids is 1. The van der Waals surface area contributed by atoms with E-state index in [4.69, 9.17) is 9.47 Å². The number of carbonyl (C=O) groups is 1. The van der Waals surface area contributed by atoms with E-state index >= 15 is 0 Å². The number of amides is 1. The predicted molar refractivity (Wildman–Crippen MR) is 308 cm³/mol. The summed E-state index contributed by atoms with van der Waals surface area (Å²) in [5.74, 6) is 1.81. The molecule has 5 aliphatic rings. The van der Waals surface area contributed by atoms with E-state index in [0.29, 0.717) is 48.7 Å². The number of methoxy groups -OCH3 is 1. The number of nitro benzene ring substituents is 1. The van der Waals surface area contributed by atoms with E-state index in [0.717, 1.165) is 101 Å². The Morgan fingerprint density at radius 3 is 2.42 bits per heavy atom. The number of piperidine rings is 1. The van der Waals surface area contributed by atoms with Crippen molar-refractivity contribution in [1.29, 1.82) is 0 Å². The Kier molecular flexibility index (Phi) is 15.5. The molecule has 16 nitrogen and oxygen atoms in total. The number of fused-ring (bicyclic) bond motifs is 1. The van der Waals surface area contributed by atoms with Crippen LogP contribution in [0.25, 0.3) is 11.0 Å². The van der Waals surface area contributed by atoms with Gasteiger partial charge < -0.3 is 29.8 Å². The fourth-order valence-electron chi connectivity index (χ4n) is 13.6. The maximum Gasteiger partial charge on any atom is 0.293 e. The number of ether oxygens (including phenoxy) is 2. The Morgan fingerprint density at radius 2 is 1.67 bits per heavy atom. The molecule has 17 heteroatoms. The molecule has 4 aromatic carbocycles. The van der Waals surface area contributed by atoms with Crippen LogP contribution in [0.4, 0.5) is 17.1 Å². The molecular formula is C62H76N8O8S. The molecule has 1 amide bonds. The zero-order chi connectivity index (χ0) is 55.1. The molecule has 11 rings (SSSR count). The highest BCUT2D eigenvalue weighted by atomic mass is 32.2. The van der Waals surface area contributed by atoms with Crippen molar-refractivity contribution in [2.75, 3.05) is 56.6 Å². The minimum absolute atomic E-state index is 0.0262. The van der Waals surface area contributed by atoms with Crippen LogP contribution in [0.5, 0.6) is 17.2 Å². The number of hydrogen-bond acceptors (Lipinski definition) is 13. The molecular weight excluding hydrogens is 1020 g/mol. The molecule has 1 spiro atoms. The van der Waals surface area contributed by atoms with Gasteiger partial charge in [-0.1, -0.05) is 63.1 Å². The molecule has 0 radical (unpaired) electrons. The number of nitrogens with zero attached hydrogens (tertiary/aromatic N) is 5. The van der Waals surface area contributed by atoms with Gasteiger partial charge in [-0.05, 0) is 159 Å². The molecule has 4 heterocycles. The van der Waals surface area contributed by atoms with E-state index < -0.39 is 37.0 Å². The lowest BCUT2D eigenvalue weighted by molar-refractivity contribution is -0.384. The zero-order valence-electron chi connectivity index (χ0n) is 46.1. The topological polar surface area (TPSA) is 195 Å². The van der Waals surface area contributed by atoms with Gasteiger partial charge in [0.25, 0.3) is 21.6 Å². The van der Waals surface area contributed by atoms with Crippen LogP contribution in [-0.4, -0.2) is 102 Å². The molecule has 418 valence electrons. The Balaban J connectivity index is 0.773. The first-order chi connectivity index (χ1) is 38.0. The molecule has 6 aromatic rings. The smallest absolute Gasteiger partial charge is 0.293 e. The van der Waals surface area contributed by atoms with Crippen molar-refractivity contribution in [3.8, 4) is 17.2 Å². The summed E-state index contributed by atoms with van der Waals surface area (Å²) >= 11 is 0. The van der Waals surface area contributed by atoms with E-state index in [-0.39, 0.29) is 34.4 Å². The van der Waals surface area contributed by atoms with Crippen LogP contribution in [0, 0.1) is 21.4 Å². The summed E-state index contributed by atoms with van der Waals surface area (Å²) in [6.45, 7) is 12.4. The Morgan fingerprint density at radius 1 is 0.899 bits per heavy atom. The average Bonchev–Trinajstić information content (AvgIpc) is 4.23. The van der Waals surface area contributed by atoms with Crippen LogP contribution in [0.15, 0.2) is 108 Å². The second-order valence-electron chi connectivity index (χ2n) is 23.9. The molecule has 3 aliphatic carbocycles. The van der Waals surface area contributed by atoms with Gasteiger partial charge in [0.1, 0.15) is 28.6 Å². The molecule has 0 unspecified atom stereocenters. The lowest BCUT2D eigenvalue weighted by Gasteiger charge is -2.58. The summed E-state index contributed by atoms with van der Waals surface area (Å²) in [4.78, 5) is 40.7. The molecule has 1 atom stereocenters. The fraction of sp³-hybridized carbons (Fsp3) is 0.484. The summed E-state index contributed by atoms with van der Waals surface area (Å²) in [5, 5.41) is 26.6. The summed E-state index contributed by atoms with van der Waals surface area (Å²) in [6, 6.07) is 29.2. The first kappa shape index (κ1) is 54.4. The van der Waals surface area contributed by atoms with Crippen molar-refractivity contribution in [1.82, 2.24) is 24.5 Å². The number of piperazine rings is 1. The first-order valence-electron chi connectivity index (χ1n) is 28.6. The number of hydrogen-bond donors (Lipinski definition) is 4. The highest BCUT2D eigenvalue weighted by Gasteiger charge is 2.50. The van der Waals surface area contributed by atoms with Gasteiger partial charge in [0.15, 0.2) is 0 Å².